The fourth-order valence-corrected chi connectivity index (χ4v) is 3.35. The van der Waals surface area contributed by atoms with Gasteiger partial charge in [0.15, 0.2) is 0 Å². The Morgan fingerprint density at radius 3 is 2.52 bits per heavy atom. The summed E-state index contributed by atoms with van der Waals surface area (Å²) >= 11 is 0. The highest BCUT2D eigenvalue weighted by Crippen LogP contribution is 2.21. The number of ether oxygens (including phenoxy) is 1. The predicted octanol–water partition coefficient (Wildman–Crippen LogP) is 4.99. The van der Waals surface area contributed by atoms with Crippen LogP contribution in [-0.2, 0) is 0 Å². The summed E-state index contributed by atoms with van der Waals surface area (Å²) in [6, 6.07) is 14.3. The summed E-state index contributed by atoms with van der Waals surface area (Å²) in [5, 5.41) is 2.89. The molecule has 0 radical (unpaired) electrons. The Labute approximate surface area is 173 Å². The van der Waals surface area contributed by atoms with Gasteiger partial charge in [-0.2, -0.15) is 0 Å². The molecule has 5 nitrogen and oxygen atoms in total. The maximum Gasteiger partial charge on any atom is 0.255 e. The fourth-order valence-electron chi connectivity index (χ4n) is 3.35. The fraction of sp³-hybridized carbons (Fsp3) is 0.417. The Kier molecular flexibility index (Phi) is 6.91. The van der Waals surface area contributed by atoms with Gasteiger partial charge in [0.05, 0.1) is 6.10 Å². The number of carbonyl (C=O) groups excluding carboxylic acids is 2. The molecule has 0 aromatic heterocycles. The van der Waals surface area contributed by atoms with E-state index in [0.29, 0.717) is 28.5 Å². The number of nitrogens with zero attached hydrogens (tertiary/aromatic N) is 1. The Bertz CT molecular complexity index is 857. The number of nitrogens with one attached hydrogen (secondary N) is 1. The molecule has 1 aliphatic heterocycles. The second kappa shape index (κ2) is 9.59. The van der Waals surface area contributed by atoms with Gasteiger partial charge in [0.2, 0.25) is 0 Å². The van der Waals surface area contributed by atoms with Crippen molar-refractivity contribution >= 4 is 17.5 Å². The summed E-state index contributed by atoms with van der Waals surface area (Å²) in [5.74, 6) is 1.15. The molecule has 1 unspecified atom stereocenters. The molecule has 0 spiro atoms. The first-order chi connectivity index (χ1) is 14.0. The van der Waals surface area contributed by atoms with Crippen LogP contribution in [0.5, 0.6) is 5.75 Å². The van der Waals surface area contributed by atoms with E-state index in [-0.39, 0.29) is 17.9 Å². The average Bonchev–Trinajstić information content (AvgIpc) is 2.74. The molecule has 1 aliphatic rings. The summed E-state index contributed by atoms with van der Waals surface area (Å²) in [7, 11) is 0. The number of amides is 2. The molecule has 3 rings (SSSR count). The SMILES string of the molecule is CCC(C)Oc1cccc(C(=O)Nc2cccc(C(=O)N3CCC(C)CC3)c2)c1. The average molecular weight is 395 g/mol. The standard InChI is InChI=1S/C24H30N2O3/c1-4-18(3)29-22-10-6-7-19(16-22)23(27)25-21-9-5-8-20(15-21)24(28)26-13-11-17(2)12-14-26/h5-10,15-18H,4,11-14H2,1-3H3,(H,25,27). The normalized spacial score (nSPS) is 15.6. The highest BCUT2D eigenvalue weighted by Gasteiger charge is 2.21. The van der Waals surface area contributed by atoms with Crippen LogP contribution in [-0.4, -0.2) is 35.9 Å². The van der Waals surface area contributed by atoms with Gasteiger partial charge in [-0.25, -0.2) is 0 Å². The molecule has 0 bridgehead atoms. The topological polar surface area (TPSA) is 58.6 Å². The first kappa shape index (κ1) is 20.9. The minimum Gasteiger partial charge on any atom is -0.491 e. The third-order valence-corrected chi connectivity index (χ3v) is 5.45. The van der Waals surface area contributed by atoms with Gasteiger partial charge in [-0.3, -0.25) is 9.59 Å². The van der Waals surface area contributed by atoms with Crippen molar-refractivity contribution in [1.82, 2.24) is 4.90 Å². The maximum atomic E-state index is 12.8. The van der Waals surface area contributed by atoms with E-state index < -0.39 is 0 Å². The second-order valence-corrected chi connectivity index (χ2v) is 7.87. The Morgan fingerprint density at radius 1 is 1.10 bits per heavy atom. The molecule has 5 heteroatoms. The van der Waals surface area contributed by atoms with Crippen molar-refractivity contribution in [3.63, 3.8) is 0 Å². The van der Waals surface area contributed by atoms with Crippen LogP contribution in [0.15, 0.2) is 48.5 Å². The van der Waals surface area contributed by atoms with Gasteiger partial charge < -0.3 is 15.0 Å². The van der Waals surface area contributed by atoms with E-state index in [4.69, 9.17) is 4.74 Å². The van der Waals surface area contributed by atoms with Gasteiger partial charge in [-0.1, -0.05) is 26.0 Å². The van der Waals surface area contributed by atoms with Gasteiger partial charge in [0, 0.05) is 29.9 Å². The molecule has 1 saturated heterocycles. The van der Waals surface area contributed by atoms with Crippen molar-refractivity contribution < 1.29 is 14.3 Å². The Balaban J connectivity index is 1.67. The van der Waals surface area contributed by atoms with Crippen LogP contribution in [0.25, 0.3) is 0 Å². The highest BCUT2D eigenvalue weighted by atomic mass is 16.5. The van der Waals surface area contributed by atoms with E-state index in [0.717, 1.165) is 32.4 Å². The van der Waals surface area contributed by atoms with Crippen LogP contribution in [0, 0.1) is 5.92 Å². The molecule has 2 amide bonds. The third-order valence-electron chi connectivity index (χ3n) is 5.45. The molecule has 154 valence electrons. The highest BCUT2D eigenvalue weighted by molar-refractivity contribution is 6.05. The van der Waals surface area contributed by atoms with Crippen molar-refractivity contribution in [3.8, 4) is 5.75 Å². The number of piperidine rings is 1. The molecule has 2 aromatic carbocycles. The number of anilines is 1. The largest absolute Gasteiger partial charge is 0.491 e. The minimum absolute atomic E-state index is 0.0250. The van der Waals surface area contributed by atoms with E-state index in [1.54, 1.807) is 36.4 Å². The lowest BCUT2D eigenvalue weighted by Crippen LogP contribution is -2.37. The van der Waals surface area contributed by atoms with E-state index in [2.05, 4.69) is 19.2 Å². The van der Waals surface area contributed by atoms with Crippen LogP contribution in [0.1, 0.15) is 60.7 Å². The van der Waals surface area contributed by atoms with E-state index >= 15 is 0 Å². The summed E-state index contributed by atoms with van der Waals surface area (Å²) in [6.07, 6.45) is 3.07. The molecular formula is C24H30N2O3. The van der Waals surface area contributed by atoms with Gasteiger partial charge >= 0.3 is 0 Å². The Morgan fingerprint density at radius 2 is 1.79 bits per heavy atom. The molecule has 29 heavy (non-hydrogen) atoms. The molecule has 0 aliphatic carbocycles. The molecule has 1 heterocycles. The smallest absolute Gasteiger partial charge is 0.255 e. The van der Waals surface area contributed by atoms with Crippen LogP contribution in [0.3, 0.4) is 0 Å². The van der Waals surface area contributed by atoms with Crippen LogP contribution < -0.4 is 10.1 Å². The van der Waals surface area contributed by atoms with Crippen LogP contribution in [0.2, 0.25) is 0 Å². The first-order valence-corrected chi connectivity index (χ1v) is 10.4. The molecule has 1 N–H and O–H groups in total. The summed E-state index contributed by atoms with van der Waals surface area (Å²) in [4.78, 5) is 27.4. The predicted molar refractivity (Wildman–Crippen MR) is 116 cm³/mol. The van der Waals surface area contributed by atoms with E-state index in [9.17, 15) is 9.59 Å². The zero-order valence-corrected chi connectivity index (χ0v) is 17.5. The number of rotatable bonds is 6. The number of likely N-dealkylation sites (tertiary alicyclic amines) is 1. The third kappa shape index (κ3) is 5.59. The first-order valence-electron chi connectivity index (χ1n) is 10.4. The van der Waals surface area contributed by atoms with Crippen molar-refractivity contribution in [1.29, 1.82) is 0 Å². The lowest BCUT2D eigenvalue weighted by molar-refractivity contribution is 0.0697. The quantitative estimate of drug-likeness (QED) is 0.751. The number of carbonyl (C=O) groups is 2. The number of hydrogen-bond acceptors (Lipinski definition) is 3. The molecule has 1 atom stereocenters. The molecule has 0 saturated carbocycles. The number of benzene rings is 2. The van der Waals surface area contributed by atoms with E-state index in [1.807, 2.05) is 24.0 Å². The second-order valence-electron chi connectivity index (χ2n) is 7.87. The van der Waals surface area contributed by atoms with Gasteiger partial charge in [0.25, 0.3) is 11.8 Å². The lowest BCUT2D eigenvalue weighted by Gasteiger charge is -2.30. The van der Waals surface area contributed by atoms with Crippen LogP contribution >= 0.6 is 0 Å². The lowest BCUT2D eigenvalue weighted by atomic mass is 9.98. The summed E-state index contributed by atoms with van der Waals surface area (Å²) in [5.41, 5.74) is 1.73. The summed E-state index contributed by atoms with van der Waals surface area (Å²) < 4.78 is 5.80. The Hall–Kier alpha value is -2.82. The molecule has 2 aromatic rings. The van der Waals surface area contributed by atoms with Crippen LogP contribution in [0.4, 0.5) is 5.69 Å². The van der Waals surface area contributed by atoms with Gasteiger partial charge in [-0.15, -0.1) is 0 Å². The zero-order chi connectivity index (χ0) is 20.8. The van der Waals surface area contributed by atoms with Crippen molar-refractivity contribution in [2.24, 2.45) is 5.92 Å². The zero-order valence-electron chi connectivity index (χ0n) is 17.5. The minimum atomic E-state index is -0.226. The monoisotopic (exact) mass is 394 g/mol. The van der Waals surface area contributed by atoms with Crippen molar-refractivity contribution in [2.45, 2.75) is 46.1 Å². The molecule has 1 fully saturated rings. The molecular weight excluding hydrogens is 364 g/mol. The summed E-state index contributed by atoms with van der Waals surface area (Å²) in [6.45, 7) is 7.86. The van der Waals surface area contributed by atoms with Gasteiger partial charge in [-0.05, 0) is 68.5 Å². The maximum absolute atomic E-state index is 12.8. The van der Waals surface area contributed by atoms with E-state index in [1.165, 1.54) is 0 Å². The van der Waals surface area contributed by atoms with Crippen molar-refractivity contribution in [2.75, 3.05) is 18.4 Å². The number of hydrogen-bond donors (Lipinski definition) is 1. The van der Waals surface area contributed by atoms with Gasteiger partial charge in [0.1, 0.15) is 5.75 Å². The van der Waals surface area contributed by atoms with Crippen molar-refractivity contribution in [3.05, 3.63) is 59.7 Å².